The first kappa shape index (κ1) is 5.97. The number of nitrogens with zero attached hydrogens (tertiary/aromatic N) is 1. The SMILES string of the molecule is O=C1N=CC(O)C=CN1. The van der Waals surface area contributed by atoms with Gasteiger partial charge in [0.25, 0.3) is 0 Å². The standard InChI is InChI=1S/C5H6N2O2/c8-4-1-2-6-5(9)7-3-4/h1-4,8H,(H,6,9). The van der Waals surface area contributed by atoms with Gasteiger partial charge in [-0.3, -0.25) is 0 Å². The number of hydrogen-bond acceptors (Lipinski definition) is 2. The lowest BCUT2D eigenvalue weighted by molar-refractivity contribution is 0.252. The van der Waals surface area contributed by atoms with Crippen LogP contribution in [0.25, 0.3) is 0 Å². The maximum Gasteiger partial charge on any atom is 0.344 e. The van der Waals surface area contributed by atoms with Crippen LogP contribution in [0.2, 0.25) is 0 Å². The molecule has 1 aliphatic rings. The number of nitrogens with one attached hydrogen (secondary N) is 1. The molecule has 1 unspecified atom stereocenters. The second-order valence-electron chi connectivity index (χ2n) is 1.58. The minimum atomic E-state index is -0.746. The quantitative estimate of drug-likeness (QED) is 0.466. The monoisotopic (exact) mass is 126 g/mol. The highest BCUT2D eigenvalue weighted by atomic mass is 16.3. The van der Waals surface area contributed by atoms with E-state index in [1.54, 1.807) is 0 Å². The Kier molecular flexibility index (Phi) is 1.60. The van der Waals surface area contributed by atoms with Gasteiger partial charge >= 0.3 is 6.03 Å². The summed E-state index contributed by atoms with van der Waals surface area (Å²) >= 11 is 0. The fourth-order valence-electron chi connectivity index (χ4n) is 0.449. The Morgan fingerprint density at radius 2 is 2.56 bits per heavy atom. The van der Waals surface area contributed by atoms with Crippen LogP contribution >= 0.6 is 0 Å². The highest BCUT2D eigenvalue weighted by Gasteiger charge is 1.99. The maximum absolute atomic E-state index is 10.4. The maximum atomic E-state index is 10.4. The van der Waals surface area contributed by atoms with Gasteiger partial charge < -0.3 is 10.4 Å². The van der Waals surface area contributed by atoms with Crippen molar-refractivity contribution in [2.45, 2.75) is 6.10 Å². The van der Waals surface area contributed by atoms with Crippen molar-refractivity contribution in [1.82, 2.24) is 5.32 Å². The molecule has 1 heterocycles. The van der Waals surface area contributed by atoms with Gasteiger partial charge in [0.05, 0.1) is 0 Å². The van der Waals surface area contributed by atoms with E-state index in [4.69, 9.17) is 5.11 Å². The van der Waals surface area contributed by atoms with Crippen LogP contribution in [0.3, 0.4) is 0 Å². The van der Waals surface area contributed by atoms with Gasteiger partial charge in [0, 0.05) is 12.4 Å². The van der Waals surface area contributed by atoms with Gasteiger partial charge in [-0.15, -0.1) is 0 Å². The van der Waals surface area contributed by atoms with Crippen molar-refractivity contribution in [2.24, 2.45) is 4.99 Å². The molecule has 48 valence electrons. The normalized spacial score (nSPS) is 25.4. The third-order valence-corrected chi connectivity index (χ3v) is 0.845. The molecule has 9 heavy (non-hydrogen) atoms. The van der Waals surface area contributed by atoms with Crippen LogP contribution in [0.1, 0.15) is 0 Å². The van der Waals surface area contributed by atoms with Gasteiger partial charge in [-0.05, 0) is 6.08 Å². The molecule has 0 aromatic rings. The zero-order valence-corrected chi connectivity index (χ0v) is 4.61. The van der Waals surface area contributed by atoms with Crippen LogP contribution in [-0.4, -0.2) is 23.5 Å². The Morgan fingerprint density at radius 3 is 3.33 bits per heavy atom. The summed E-state index contributed by atoms with van der Waals surface area (Å²) in [5, 5.41) is 11.1. The summed E-state index contributed by atoms with van der Waals surface area (Å²) < 4.78 is 0. The van der Waals surface area contributed by atoms with E-state index in [1.807, 2.05) is 0 Å². The van der Waals surface area contributed by atoms with Crippen molar-refractivity contribution >= 4 is 12.2 Å². The van der Waals surface area contributed by atoms with Crippen LogP contribution in [-0.2, 0) is 0 Å². The zero-order valence-electron chi connectivity index (χ0n) is 4.61. The summed E-state index contributed by atoms with van der Waals surface area (Å²) in [7, 11) is 0. The number of urea groups is 1. The van der Waals surface area contributed by atoms with Crippen LogP contribution in [0, 0.1) is 0 Å². The van der Waals surface area contributed by atoms with E-state index in [9.17, 15) is 4.79 Å². The molecular formula is C5H6N2O2. The molecule has 0 bridgehead atoms. The smallest absolute Gasteiger partial charge is 0.344 e. The first-order chi connectivity index (χ1) is 4.29. The number of carbonyl (C=O) groups is 1. The lowest BCUT2D eigenvalue weighted by Crippen LogP contribution is -2.09. The molecule has 0 saturated heterocycles. The molecule has 0 radical (unpaired) electrons. The molecule has 1 atom stereocenters. The Labute approximate surface area is 51.9 Å². The number of aliphatic hydroxyl groups is 1. The van der Waals surface area contributed by atoms with Crippen molar-refractivity contribution in [3.05, 3.63) is 12.3 Å². The van der Waals surface area contributed by atoms with Gasteiger partial charge in [0.1, 0.15) is 6.10 Å². The Bertz CT molecular complexity index is 174. The Hall–Kier alpha value is -1.16. The van der Waals surface area contributed by atoms with Crippen molar-refractivity contribution in [3.8, 4) is 0 Å². The molecule has 0 aromatic carbocycles. The summed E-state index contributed by atoms with van der Waals surface area (Å²) in [6, 6.07) is -0.456. The highest BCUT2D eigenvalue weighted by molar-refractivity contribution is 5.87. The van der Waals surface area contributed by atoms with E-state index < -0.39 is 12.1 Å². The number of aliphatic imine (C=N–C) groups is 1. The van der Waals surface area contributed by atoms with E-state index in [2.05, 4.69) is 10.3 Å². The second-order valence-corrected chi connectivity index (χ2v) is 1.58. The molecular weight excluding hydrogens is 120 g/mol. The van der Waals surface area contributed by atoms with E-state index in [0.29, 0.717) is 0 Å². The van der Waals surface area contributed by atoms with Crippen molar-refractivity contribution < 1.29 is 9.90 Å². The molecule has 1 rings (SSSR count). The molecule has 0 spiro atoms. The lowest BCUT2D eigenvalue weighted by Gasteiger charge is -1.87. The van der Waals surface area contributed by atoms with Crippen molar-refractivity contribution in [2.75, 3.05) is 0 Å². The van der Waals surface area contributed by atoms with Gasteiger partial charge in [-0.1, -0.05) is 0 Å². The first-order valence-electron chi connectivity index (χ1n) is 2.48. The number of carbonyl (C=O) groups excluding carboxylic acids is 1. The average molecular weight is 126 g/mol. The Balaban J connectivity index is 2.68. The molecule has 4 heteroatoms. The van der Waals surface area contributed by atoms with Gasteiger partial charge in [-0.25, -0.2) is 9.79 Å². The topological polar surface area (TPSA) is 61.7 Å². The molecule has 0 aliphatic carbocycles. The fraction of sp³-hybridized carbons (Fsp3) is 0.200. The van der Waals surface area contributed by atoms with E-state index in [-0.39, 0.29) is 0 Å². The minimum absolute atomic E-state index is 0.456. The summed E-state index contributed by atoms with van der Waals surface area (Å²) in [6.45, 7) is 0. The molecule has 2 amide bonds. The lowest BCUT2D eigenvalue weighted by atomic mass is 10.4. The summed E-state index contributed by atoms with van der Waals surface area (Å²) in [5.74, 6) is 0. The number of aliphatic hydroxyl groups excluding tert-OH is 1. The van der Waals surface area contributed by atoms with Gasteiger partial charge in [0.2, 0.25) is 0 Å². The van der Waals surface area contributed by atoms with E-state index >= 15 is 0 Å². The summed E-state index contributed by atoms with van der Waals surface area (Å²) in [6.07, 6.45) is 3.21. The van der Waals surface area contributed by atoms with Crippen LogP contribution in [0.5, 0.6) is 0 Å². The van der Waals surface area contributed by atoms with Crippen LogP contribution in [0.15, 0.2) is 17.3 Å². The predicted octanol–water partition coefficient (Wildman–Crippen LogP) is -0.345. The third-order valence-electron chi connectivity index (χ3n) is 0.845. The molecule has 1 aliphatic heterocycles. The van der Waals surface area contributed by atoms with Crippen LogP contribution in [0.4, 0.5) is 4.79 Å². The summed E-state index contributed by atoms with van der Waals surface area (Å²) in [5.41, 5.74) is 0. The zero-order chi connectivity index (χ0) is 6.69. The largest absolute Gasteiger partial charge is 0.383 e. The van der Waals surface area contributed by atoms with Gasteiger partial charge in [-0.2, -0.15) is 0 Å². The first-order valence-corrected chi connectivity index (χ1v) is 2.48. The third kappa shape index (κ3) is 1.65. The van der Waals surface area contributed by atoms with Gasteiger partial charge in [0.15, 0.2) is 0 Å². The molecule has 2 N–H and O–H groups in total. The minimum Gasteiger partial charge on any atom is -0.383 e. The fourth-order valence-corrected chi connectivity index (χ4v) is 0.449. The number of hydrogen-bond donors (Lipinski definition) is 2. The molecule has 0 fully saturated rings. The number of rotatable bonds is 0. The second kappa shape index (κ2) is 2.41. The highest BCUT2D eigenvalue weighted by Crippen LogP contribution is 1.86. The van der Waals surface area contributed by atoms with Crippen LogP contribution < -0.4 is 5.32 Å². The Morgan fingerprint density at radius 1 is 1.78 bits per heavy atom. The van der Waals surface area contributed by atoms with E-state index in [0.717, 1.165) is 0 Å². The van der Waals surface area contributed by atoms with Crippen molar-refractivity contribution in [1.29, 1.82) is 0 Å². The molecule has 0 aromatic heterocycles. The molecule has 0 saturated carbocycles. The average Bonchev–Trinajstić information content (AvgIpc) is 1.97. The summed E-state index contributed by atoms with van der Waals surface area (Å²) in [4.78, 5) is 13.7. The predicted molar refractivity (Wildman–Crippen MR) is 32.2 cm³/mol. The number of amides is 2. The molecule has 4 nitrogen and oxygen atoms in total. The van der Waals surface area contributed by atoms with Crippen molar-refractivity contribution in [3.63, 3.8) is 0 Å². The van der Waals surface area contributed by atoms with E-state index in [1.165, 1.54) is 18.5 Å².